The molecule has 2 aromatic rings. The van der Waals surface area contributed by atoms with Crippen LogP contribution >= 0.6 is 0 Å². The largest absolute Gasteiger partial charge is 0.496 e. The molecule has 0 radical (unpaired) electrons. The molecule has 4 heteroatoms. The molecule has 1 atom stereocenters. The van der Waals surface area contributed by atoms with E-state index >= 15 is 0 Å². The lowest BCUT2D eigenvalue weighted by Crippen LogP contribution is -2.14. The summed E-state index contributed by atoms with van der Waals surface area (Å²) in [5.74, 6) is 0.874. The van der Waals surface area contributed by atoms with Crippen LogP contribution in [0.4, 0.5) is 0 Å². The Balaban J connectivity index is 2.15. The van der Waals surface area contributed by atoms with Gasteiger partial charge in [0.15, 0.2) is 0 Å². The molecule has 1 heterocycles. The van der Waals surface area contributed by atoms with Crippen LogP contribution in [-0.2, 0) is 13.5 Å². The first-order valence-corrected chi connectivity index (χ1v) is 5.56. The van der Waals surface area contributed by atoms with Crippen LogP contribution in [0.15, 0.2) is 36.8 Å². The molecule has 0 fully saturated rings. The molecule has 0 amide bonds. The highest BCUT2D eigenvalue weighted by Crippen LogP contribution is 2.22. The second-order valence-electron chi connectivity index (χ2n) is 4.09. The smallest absolute Gasteiger partial charge is 0.122 e. The Morgan fingerprint density at radius 1 is 1.41 bits per heavy atom. The third-order valence-corrected chi connectivity index (χ3v) is 2.74. The number of aryl methyl sites for hydroxylation is 1. The van der Waals surface area contributed by atoms with Gasteiger partial charge < -0.3 is 15.0 Å². The zero-order valence-corrected chi connectivity index (χ0v) is 10.1. The van der Waals surface area contributed by atoms with Gasteiger partial charge in [-0.25, -0.2) is 4.98 Å². The summed E-state index contributed by atoms with van der Waals surface area (Å²) in [5.41, 5.74) is 8.14. The zero-order valence-electron chi connectivity index (χ0n) is 10.1. The van der Waals surface area contributed by atoms with Crippen molar-refractivity contribution in [1.82, 2.24) is 9.55 Å². The number of rotatable bonds is 4. The van der Waals surface area contributed by atoms with Gasteiger partial charge in [0.25, 0.3) is 0 Å². The first-order valence-electron chi connectivity index (χ1n) is 5.56. The first kappa shape index (κ1) is 11.7. The molecule has 0 aliphatic heterocycles. The molecule has 2 N–H and O–H groups in total. The van der Waals surface area contributed by atoms with Gasteiger partial charge in [-0.15, -0.1) is 0 Å². The fourth-order valence-corrected chi connectivity index (χ4v) is 1.84. The average molecular weight is 231 g/mol. The maximum atomic E-state index is 6.13. The predicted octanol–water partition coefficient (Wildman–Crippen LogP) is 1.67. The number of nitrogens with zero attached hydrogens (tertiary/aromatic N) is 2. The van der Waals surface area contributed by atoms with Crippen molar-refractivity contribution in [3.05, 3.63) is 48.0 Å². The lowest BCUT2D eigenvalue weighted by atomic mass is 10.0. The highest BCUT2D eigenvalue weighted by atomic mass is 16.5. The standard InChI is InChI=1S/C13H17N3O/c1-16-8-12(15-9-16)11(14)7-10-5-3-4-6-13(10)17-2/h3-6,8-9,11H,7,14H2,1-2H3. The molecular weight excluding hydrogens is 214 g/mol. The van der Waals surface area contributed by atoms with Crippen molar-refractivity contribution >= 4 is 0 Å². The van der Waals surface area contributed by atoms with Crippen molar-refractivity contribution in [2.24, 2.45) is 12.8 Å². The van der Waals surface area contributed by atoms with Gasteiger partial charge in [0, 0.05) is 13.2 Å². The Kier molecular flexibility index (Phi) is 3.44. The minimum Gasteiger partial charge on any atom is -0.496 e. The fourth-order valence-electron chi connectivity index (χ4n) is 1.84. The molecule has 0 aliphatic rings. The van der Waals surface area contributed by atoms with Crippen LogP contribution in [0.5, 0.6) is 5.75 Å². The zero-order chi connectivity index (χ0) is 12.3. The van der Waals surface area contributed by atoms with Gasteiger partial charge in [0.2, 0.25) is 0 Å². The van der Waals surface area contributed by atoms with E-state index in [0.29, 0.717) is 0 Å². The van der Waals surface area contributed by atoms with E-state index in [-0.39, 0.29) is 6.04 Å². The first-order chi connectivity index (χ1) is 8.20. The van der Waals surface area contributed by atoms with Crippen molar-refractivity contribution in [3.8, 4) is 5.75 Å². The van der Waals surface area contributed by atoms with E-state index in [0.717, 1.165) is 23.4 Å². The van der Waals surface area contributed by atoms with E-state index in [4.69, 9.17) is 10.5 Å². The summed E-state index contributed by atoms with van der Waals surface area (Å²) < 4.78 is 7.21. The van der Waals surface area contributed by atoms with Crippen molar-refractivity contribution in [3.63, 3.8) is 0 Å². The molecule has 0 saturated heterocycles. The van der Waals surface area contributed by atoms with Gasteiger partial charge >= 0.3 is 0 Å². The van der Waals surface area contributed by atoms with Gasteiger partial charge in [-0.2, -0.15) is 0 Å². The van der Waals surface area contributed by atoms with E-state index < -0.39 is 0 Å². The minimum atomic E-state index is -0.104. The van der Waals surface area contributed by atoms with Gasteiger partial charge in [-0.1, -0.05) is 18.2 Å². The maximum absolute atomic E-state index is 6.13. The Morgan fingerprint density at radius 2 is 2.18 bits per heavy atom. The maximum Gasteiger partial charge on any atom is 0.122 e. The Bertz CT molecular complexity index is 493. The Hall–Kier alpha value is -1.81. The van der Waals surface area contributed by atoms with Crippen LogP contribution < -0.4 is 10.5 Å². The van der Waals surface area contributed by atoms with Gasteiger partial charge in [0.1, 0.15) is 5.75 Å². The van der Waals surface area contributed by atoms with Crippen LogP contribution in [0.3, 0.4) is 0 Å². The lowest BCUT2D eigenvalue weighted by Gasteiger charge is -2.12. The van der Waals surface area contributed by atoms with E-state index in [1.54, 1.807) is 13.4 Å². The average Bonchev–Trinajstić information content (AvgIpc) is 2.77. The number of ether oxygens (including phenoxy) is 1. The van der Waals surface area contributed by atoms with Crippen LogP contribution in [0.2, 0.25) is 0 Å². The minimum absolute atomic E-state index is 0.104. The van der Waals surface area contributed by atoms with Crippen LogP contribution in [-0.4, -0.2) is 16.7 Å². The number of para-hydroxylation sites is 1. The molecule has 0 saturated carbocycles. The SMILES string of the molecule is COc1ccccc1CC(N)c1cn(C)cn1. The van der Waals surface area contributed by atoms with Gasteiger partial charge in [-0.3, -0.25) is 0 Å². The topological polar surface area (TPSA) is 53.1 Å². The molecule has 4 nitrogen and oxygen atoms in total. The summed E-state index contributed by atoms with van der Waals surface area (Å²) in [6, 6.07) is 7.81. The molecule has 17 heavy (non-hydrogen) atoms. The number of hydrogen-bond acceptors (Lipinski definition) is 3. The summed E-state index contributed by atoms with van der Waals surface area (Å²) >= 11 is 0. The number of methoxy groups -OCH3 is 1. The molecule has 0 spiro atoms. The predicted molar refractivity (Wildman–Crippen MR) is 66.8 cm³/mol. The van der Waals surface area contributed by atoms with E-state index in [1.165, 1.54) is 0 Å². The Morgan fingerprint density at radius 3 is 2.82 bits per heavy atom. The molecular formula is C13H17N3O. The molecule has 1 aromatic carbocycles. The van der Waals surface area contributed by atoms with Crippen molar-refractivity contribution in [2.75, 3.05) is 7.11 Å². The molecule has 2 rings (SSSR count). The monoisotopic (exact) mass is 231 g/mol. The number of hydrogen-bond donors (Lipinski definition) is 1. The summed E-state index contributed by atoms with van der Waals surface area (Å²) in [6.07, 6.45) is 4.43. The van der Waals surface area contributed by atoms with Crippen LogP contribution in [0.25, 0.3) is 0 Å². The molecule has 0 bridgehead atoms. The van der Waals surface area contributed by atoms with Crippen molar-refractivity contribution in [2.45, 2.75) is 12.5 Å². The van der Waals surface area contributed by atoms with Crippen LogP contribution in [0, 0.1) is 0 Å². The molecule has 1 aromatic heterocycles. The normalized spacial score (nSPS) is 12.4. The summed E-state index contributed by atoms with van der Waals surface area (Å²) in [7, 11) is 3.61. The summed E-state index contributed by atoms with van der Waals surface area (Å²) in [5, 5.41) is 0. The van der Waals surface area contributed by atoms with Crippen molar-refractivity contribution in [1.29, 1.82) is 0 Å². The summed E-state index contributed by atoms with van der Waals surface area (Å²) in [6.45, 7) is 0. The van der Waals surface area contributed by atoms with Gasteiger partial charge in [0.05, 0.1) is 25.2 Å². The molecule has 90 valence electrons. The second kappa shape index (κ2) is 5.01. The highest BCUT2D eigenvalue weighted by molar-refractivity contribution is 5.34. The summed E-state index contributed by atoms with van der Waals surface area (Å²) in [4.78, 5) is 4.26. The quantitative estimate of drug-likeness (QED) is 0.870. The van der Waals surface area contributed by atoms with E-state index in [1.807, 2.05) is 42.1 Å². The third kappa shape index (κ3) is 2.65. The van der Waals surface area contributed by atoms with Crippen LogP contribution in [0.1, 0.15) is 17.3 Å². The molecule has 1 unspecified atom stereocenters. The highest BCUT2D eigenvalue weighted by Gasteiger charge is 2.12. The fraction of sp³-hybridized carbons (Fsp3) is 0.308. The molecule has 0 aliphatic carbocycles. The van der Waals surface area contributed by atoms with E-state index in [2.05, 4.69) is 4.98 Å². The van der Waals surface area contributed by atoms with Gasteiger partial charge in [-0.05, 0) is 18.1 Å². The number of nitrogens with two attached hydrogens (primary N) is 1. The lowest BCUT2D eigenvalue weighted by molar-refractivity contribution is 0.408. The van der Waals surface area contributed by atoms with Crippen molar-refractivity contribution < 1.29 is 4.74 Å². The Labute approximate surface area is 101 Å². The number of aromatic nitrogens is 2. The third-order valence-electron chi connectivity index (χ3n) is 2.74. The number of benzene rings is 1. The van der Waals surface area contributed by atoms with E-state index in [9.17, 15) is 0 Å². The number of imidazole rings is 1. The second-order valence-corrected chi connectivity index (χ2v) is 4.09.